The van der Waals surface area contributed by atoms with E-state index < -0.39 is 0 Å². The van der Waals surface area contributed by atoms with Crippen LogP contribution in [0.5, 0.6) is 5.75 Å². The van der Waals surface area contributed by atoms with E-state index >= 15 is 0 Å². The standard InChI is InChI=1S/C17H24N4O2/c1-17(2)12-21(10-16-19-18-13-20(16)3)9-15(23-17)11-22-14-7-5-4-6-8-14/h4-8,13,15H,9-12H2,1-3H3/t15-/m1/s1. The van der Waals surface area contributed by atoms with Gasteiger partial charge in [-0.25, -0.2) is 0 Å². The maximum atomic E-state index is 6.17. The molecule has 0 amide bonds. The van der Waals surface area contributed by atoms with Gasteiger partial charge in [-0.15, -0.1) is 10.2 Å². The predicted molar refractivity (Wildman–Crippen MR) is 87.2 cm³/mol. The van der Waals surface area contributed by atoms with E-state index in [1.807, 2.05) is 41.9 Å². The van der Waals surface area contributed by atoms with Crippen LogP contribution in [0.4, 0.5) is 0 Å². The van der Waals surface area contributed by atoms with Crippen LogP contribution in [0.3, 0.4) is 0 Å². The van der Waals surface area contributed by atoms with Crippen molar-refractivity contribution in [1.82, 2.24) is 19.7 Å². The molecule has 6 nitrogen and oxygen atoms in total. The van der Waals surface area contributed by atoms with Crippen LogP contribution in [0.25, 0.3) is 0 Å². The van der Waals surface area contributed by atoms with Gasteiger partial charge in [0.1, 0.15) is 30.6 Å². The van der Waals surface area contributed by atoms with Gasteiger partial charge in [0.05, 0.1) is 12.1 Å². The molecule has 23 heavy (non-hydrogen) atoms. The molecule has 0 radical (unpaired) electrons. The van der Waals surface area contributed by atoms with E-state index in [9.17, 15) is 0 Å². The van der Waals surface area contributed by atoms with Gasteiger partial charge in [0.15, 0.2) is 0 Å². The number of benzene rings is 1. The Morgan fingerprint density at radius 2 is 2.09 bits per heavy atom. The van der Waals surface area contributed by atoms with Crippen molar-refractivity contribution in [3.8, 4) is 5.75 Å². The molecule has 3 rings (SSSR count). The predicted octanol–water partition coefficient (Wildman–Crippen LogP) is 1.87. The molecule has 1 aromatic heterocycles. The smallest absolute Gasteiger partial charge is 0.146 e. The van der Waals surface area contributed by atoms with Crippen molar-refractivity contribution in [2.45, 2.75) is 32.1 Å². The highest BCUT2D eigenvalue weighted by molar-refractivity contribution is 5.20. The van der Waals surface area contributed by atoms with Crippen LogP contribution in [0.2, 0.25) is 0 Å². The molecule has 0 unspecified atom stereocenters. The lowest BCUT2D eigenvalue weighted by molar-refractivity contribution is -0.148. The van der Waals surface area contributed by atoms with E-state index in [1.54, 1.807) is 6.33 Å². The van der Waals surface area contributed by atoms with Crippen molar-refractivity contribution in [2.24, 2.45) is 7.05 Å². The van der Waals surface area contributed by atoms with E-state index in [0.717, 1.165) is 31.2 Å². The van der Waals surface area contributed by atoms with E-state index in [0.29, 0.717) is 6.61 Å². The maximum absolute atomic E-state index is 6.17. The molecular formula is C17H24N4O2. The lowest BCUT2D eigenvalue weighted by atomic mass is 10.1. The maximum Gasteiger partial charge on any atom is 0.146 e. The SMILES string of the molecule is Cn1cnnc1CN1C[C@H](COc2ccccc2)OC(C)(C)C1. The molecule has 2 aromatic rings. The van der Waals surface area contributed by atoms with Gasteiger partial charge in [0.2, 0.25) is 0 Å². The first-order chi connectivity index (χ1) is 11.0. The molecule has 124 valence electrons. The van der Waals surface area contributed by atoms with E-state index in [4.69, 9.17) is 9.47 Å². The summed E-state index contributed by atoms with van der Waals surface area (Å²) in [5, 5.41) is 8.12. The van der Waals surface area contributed by atoms with Crippen LogP contribution in [0, 0.1) is 0 Å². The van der Waals surface area contributed by atoms with Gasteiger partial charge in [-0.1, -0.05) is 18.2 Å². The summed E-state index contributed by atoms with van der Waals surface area (Å²) in [6.07, 6.45) is 1.77. The van der Waals surface area contributed by atoms with Crippen molar-refractivity contribution in [2.75, 3.05) is 19.7 Å². The third-order valence-corrected chi connectivity index (χ3v) is 3.90. The highest BCUT2D eigenvalue weighted by Crippen LogP contribution is 2.23. The molecule has 6 heteroatoms. The molecule has 0 spiro atoms. The zero-order chi connectivity index (χ0) is 16.3. The number of nitrogens with zero attached hydrogens (tertiary/aromatic N) is 4. The minimum absolute atomic E-state index is 0.0344. The molecule has 1 saturated heterocycles. The average Bonchev–Trinajstić information content (AvgIpc) is 2.90. The van der Waals surface area contributed by atoms with Crippen LogP contribution in [0.15, 0.2) is 36.7 Å². The van der Waals surface area contributed by atoms with E-state index in [-0.39, 0.29) is 11.7 Å². The molecule has 0 saturated carbocycles. The van der Waals surface area contributed by atoms with Crippen molar-refractivity contribution in [3.63, 3.8) is 0 Å². The Hall–Kier alpha value is -1.92. The Labute approximate surface area is 137 Å². The largest absolute Gasteiger partial charge is 0.491 e. The highest BCUT2D eigenvalue weighted by Gasteiger charge is 2.34. The van der Waals surface area contributed by atoms with Gasteiger partial charge < -0.3 is 14.0 Å². The topological polar surface area (TPSA) is 52.4 Å². The summed E-state index contributed by atoms with van der Waals surface area (Å²) in [4.78, 5) is 2.35. The second-order valence-electron chi connectivity index (χ2n) is 6.65. The zero-order valence-electron chi connectivity index (χ0n) is 14.0. The second kappa shape index (κ2) is 6.68. The molecule has 1 fully saturated rings. The monoisotopic (exact) mass is 316 g/mol. The quantitative estimate of drug-likeness (QED) is 0.843. The van der Waals surface area contributed by atoms with Crippen LogP contribution < -0.4 is 4.74 Å². The van der Waals surface area contributed by atoms with Gasteiger partial charge in [-0.2, -0.15) is 0 Å². The molecule has 2 heterocycles. The number of ether oxygens (including phenoxy) is 2. The van der Waals surface area contributed by atoms with E-state index in [2.05, 4.69) is 28.9 Å². The summed E-state index contributed by atoms with van der Waals surface area (Å²) in [5.41, 5.74) is -0.207. The first kappa shape index (κ1) is 16.0. The number of morpholine rings is 1. The summed E-state index contributed by atoms with van der Waals surface area (Å²) in [6.45, 7) is 7.23. The third kappa shape index (κ3) is 4.30. The second-order valence-corrected chi connectivity index (χ2v) is 6.65. The number of aromatic nitrogens is 3. The molecule has 0 bridgehead atoms. The number of hydrogen-bond donors (Lipinski definition) is 0. The minimum Gasteiger partial charge on any atom is -0.491 e. The Bertz CT molecular complexity index is 627. The lowest BCUT2D eigenvalue weighted by Crippen LogP contribution is -2.54. The molecular weight excluding hydrogens is 292 g/mol. The summed E-state index contributed by atoms with van der Waals surface area (Å²) >= 11 is 0. The fourth-order valence-corrected chi connectivity index (χ4v) is 2.98. The van der Waals surface area contributed by atoms with Crippen LogP contribution >= 0.6 is 0 Å². The Morgan fingerprint density at radius 1 is 1.30 bits per heavy atom. The van der Waals surface area contributed by atoms with Gasteiger partial charge in [0.25, 0.3) is 0 Å². The zero-order valence-corrected chi connectivity index (χ0v) is 14.0. The normalized spacial score (nSPS) is 21.3. The van der Waals surface area contributed by atoms with Crippen molar-refractivity contribution in [1.29, 1.82) is 0 Å². The molecule has 1 aliphatic rings. The Balaban J connectivity index is 1.61. The Kier molecular flexibility index (Phi) is 4.63. The third-order valence-electron chi connectivity index (χ3n) is 3.90. The summed E-state index contributed by atoms with van der Waals surface area (Å²) in [7, 11) is 1.97. The van der Waals surface area contributed by atoms with Crippen LogP contribution in [0.1, 0.15) is 19.7 Å². The summed E-state index contributed by atoms with van der Waals surface area (Å²) < 4.78 is 14.0. The molecule has 0 N–H and O–H groups in total. The van der Waals surface area contributed by atoms with Crippen molar-refractivity contribution < 1.29 is 9.47 Å². The molecule has 0 aliphatic carbocycles. The van der Waals surface area contributed by atoms with Gasteiger partial charge in [0, 0.05) is 20.1 Å². The van der Waals surface area contributed by atoms with Crippen molar-refractivity contribution in [3.05, 3.63) is 42.5 Å². The molecule has 1 atom stereocenters. The van der Waals surface area contributed by atoms with Gasteiger partial charge in [-0.3, -0.25) is 4.90 Å². The fraction of sp³-hybridized carbons (Fsp3) is 0.529. The summed E-state index contributed by atoms with van der Waals surface area (Å²) in [6, 6.07) is 9.86. The number of hydrogen-bond acceptors (Lipinski definition) is 5. The fourth-order valence-electron chi connectivity index (χ4n) is 2.98. The van der Waals surface area contributed by atoms with Crippen molar-refractivity contribution >= 4 is 0 Å². The van der Waals surface area contributed by atoms with Crippen LogP contribution in [-0.2, 0) is 18.3 Å². The van der Waals surface area contributed by atoms with Crippen LogP contribution in [-0.4, -0.2) is 51.1 Å². The highest BCUT2D eigenvalue weighted by atomic mass is 16.5. The average molecular weight is 316 g/mol. The molecule has 1 aromatic carbocycles. The summed E-state index contributed by atoms with van der Waals surface area (Å²) in [5.74, 6) is 1.84. The Morgan fingerprint density at radius 3 is 2.78 bits per heavy atom. The lowest BCUT2D eigenvalue weighted by Gasteiger charge is -2.42. The van der Waals surface area contributed by atoms with E-state index in [1.165, 1.54) is 0 Å². The number of para-hydroxylation sites is 1. The van der Waals surface area contributed by atoms with Gasteiger partial charge >= 0.3 is 0 Å². The number of rotatable bonds is 5. The number of aryl methyl sites for hydroxylation is 1. The van der Waals surface area contributed by atoms with Gasteiger partial charge in [-0.05, 0) is 26.0 Å². The first-order valence-corrected chi connectivity index (χ1v) is 7.93. The minimum atomic E-state index is -0.207. The molecule has 1 aliphatic heterocycles. The first-order valence-electron chi connectivity index (χ1n) is 7.93.